The Morgan fingerprint density at radius 1 is 1.03 bits per heavy atom. The number of pyridine rings is 1. The van der Waals surface area contributed by atoms with Gasteiger partial charge in [0.25, 0.3) is 0 Å². The minimum Gasteiger partial charge on any atom is -0.325 e. The Hall–Kier alpha value is -3.39. The number of thioether (sulfide) groups is 1. The fraction of sp³-hybridized carbons (Fsp3) is 0.143. The Kier molecular flexibility index (Phi) is 5.44. The number of aryl methyl sites for hydroxylation is 2. The summed E-state index contributed by atoms with van der Waals surface area (Å²) in [7, 11) is 0. The first-order valence-corrected chi connectivity index (χ1v) is 10.1. The van der Waals surface area contributed by atoms with Gasteiger partial charge >= 0.3 is 0 Å². The zero-order valence-corrected chi connectivity index (χ0v) is 16.9. The predicted molar refractivity (Wildman–Crippen MR) is 114 cm³/mol. The summed E-state index contributed by atoms with van der Waals surface area (Å²) in [5.74, 6) is 0.814. The maximum absolute atomic E-state index is 12.5. The third kappa shape index (κ3) is 4.22. The molecule has 0 spiro atoms. The summed E-state index contributed by atoms with van der Waals surface area (Å²) in [6, 6.07) is 13.5. The Bertz CT molecular complexity index is 1120. The van der Waals surface area contributed by atoms with Gasteiger partial charge in [-0.1, -0.05) is 17.8 Å². The molecule has 0 saturated heterocycles. The largest absolute Gasteiger partial charge is 0.325 e. The maximum Gasteiger partial charge on any atom is 0.234 e. The van der Waals surface area contributed by atoms with Crippen LogP contribution in [0.4, 0.5) is 5.69 Å². The summed E-state index contributed by atoms with van der Waals surface area (Å²) in [5.41, 5.74) is 4.03. The lowest BCUT2D eigenvalue weighted by atomic mass is 10.1. The molecule has 1 aromatic carbocycles. The summed E-state index contributed by atoms with van der Waals surface area (Å²) >= 11 is 1.34. The van der Waals surface area contributed by atoms with Crippen LogP contribution in [0, 0.1) is 13.8 Å². The molecule has 0 fully saturated rings. The molecule has 0 saturated carbocycles. The van der Waals surface area contributed by atoms with E-state index in [4.69, 9.17) is 0 Å². The number of nitrogens with one attached hydrogen (secondary N) is 1. The minimum atomic E-state index is -0.0919. The van der Waals surface area contributed by atoms with Crippen molar-refractivity contribution in [2.75, 3.05) is 11.1 Å². The zero-order valence-electron chi connectivity index (χ0n) is 16.1. The highest BCUT2D eigenvalue weighted by Gasteiger charge is 2.17. The van der Waals surface area contributed by atoms with E-state index in [2.05, 4.69) is 20.5 Å². The van der Waals surface area contributed by atoms with E-state index in [1.54, 1.807) is 12.4 Å². The molecule has 4 rings (SSSR count). The number of carbonyl (C=O) groups is 1. The van der Waals surface area contributed by atoms with Gasteiger partial charge in [-0.3, -0.25) is 14.5 Å². The van der Waals surface area contributed by atoms with Gasteiger partial charge in [-0.25, -0.2) is 4.68 Å². The monoisotopic (exact) mass is 404 g/mol. The zero-order chi connectivity index (χ0) is 20.2. The van der Waals surface area contributed by atoms with E-state index >= 15 is 0 Å². The third-order valence-corrected chi connectivity index (χ3v) is 5.41. The van der Waals surface area contributed by atoms with Gasteiger partial charge in [0.05, 0.1) is 5.75 Å². The van der Waals surface area contributed by atoms with Gasteiger partial charge in [0, 0.05) is 36.0 Å². The smallest absolute Gasteiger partial charge is 0.234 e. The number of anilines is 1. The minimum absolute atomic E-state index is 0.0919. The normalized spacial score (nSPS) is 10.8. The van der Waals surface area contributed by atoms with E-state index in [0.717, 1.165) is 16.8 Å². The fourth-order valence-electron chi connectivity index (χ4n) is 2.85. The van der Waals surface area contributed by atoms with Crippen LogP contribution in [0.15, 0.2) is 72.4 Å². The van der Waals surface area contributed by atoms with Gasteiger partial charge in [-0.2, -0.15) is 0 Å². The lowest BCUT2D eigenvalue weighted by molar-refractivity contribution is -0.113. The van der Waals surface area contributed by atoms with Crippen molar-refractivity contribution in [1.29, 1.82) is 0 Å². The number of benzene rings is 1. The van der Waals surface area contributed by atoms with Crippen LogP contribution < -0.4 is 5.32 Å². The van der Waals surface area contributed by atoms with Crippen molar-refractivity contribution in [3.05, 3.63) is 78.4 Å². The first kappa shape index (κ1) is 18.9. The molecule has 0 radical (unpaired) electrons. The van der Waals surface area contributed by atoms with Crippen molar-refractivity contribution >= 4 is 23.4 Å². The van der Waals surface area contributed by atoms with E-state index in [-0.39, 0.29) is 11.7 Å². The van der Waals surface area contributed by atoms with Crippen LogP contribution in [0.25, 0.3) is 11.4 Å². The van der Waals surface area contributed by atoms with Gasteiger partial charge in [0.2, 0.25) is 11.1 Å². The topological polar surface area (TPSA) is 77.6 Å². The van der Waals surface area contributed by atoms with Crippen molar-refractivity contribution in [2.24, 2.45) is 0 Å². The van der Waals surface area contributed by atoms with Crippen LogP contribution in [-0.4, -0.2) is 36.2 Å². The summed E-state index contributed by atoms with van der Waals surface area (Å²) in [6.45, 7) is 4.07. The Balaban J connectivity index is 1.53. The van der Waals surface area contributed by atoms with Gasteiger partial charge in [-0.15, -0.1) is 10.2 Å². The average molecular weight is 404 g/mol. The molecule has 0 bridgehead atoms. The van der Waals surface area contributed by atoms with E-state index in [9.17, 15) is 4.79 Å². The van der Waals surface area contributed by atoms with Gasteiger partial charge in [0.15, 0.2) is 5.82 Å². The molecule has 29 heavy (non-hydrogen) atoms. The molecule has 8 heteroatoms. The number of nitrogens with zero attached hydrogens (tertiary/aromatic N) is 5. The molecule has 4 aromatic rings. The molecule has 1 N–H and O–H groups in total. The number of hydrogen-bond donors (Lipinski definition) is 1. The lowest BCUT2D eigenvalue weighted by Crippen LogP contribution is -2.16. The second-order valence-electron chi connectivity index (χ2n) is 6.55. The highest BCUT2D eigenvalue weighted by atomic mass is 32.2. The summed E-state index contributed by atoms with van der Waals surface area (Å²) in [6.07, 6.45) is 7.25. The van der Waals surface area contributed by atoms with Crippen LogP contribution in [0.2, 0.25) is 0 Å². The molecule has 0 unspecified atom stereocenters. The molecular formula is C21H20N6OS. The van der Waals surface area contributed by atoms with E-state index < -0.39 is 0 Å². The van der Waals surface area contributed by atoms with Crippen LogP contribution in [-0.2, 0) is 4.79 Å². The fourth-order valence-corrected chi connectivity index (χ4v) is 3.58. The average Bonchev–Trinajstić information content (AvgIpc) is 3.39. The Morgan fingerprint density at radius 3 is 2.52 bits per heavy atom. The van der Waals surface area contributed by atoms with Crippen molar-refractivity contribution < 1.29 is 4.79 Å². The highest BCUT2D eigenvalue weighted by Crippen LogP contribution is 2.24. The summed E-state index contributed by atoms with van der Waals surface area (Å²) < 4.78 is 3.77. The van der Waals surface area contributed by atoms with Crippen LogP contribution in [0.3, 0.4) is 0 Å². The number of hydrogen-bond acceptors (Lipinski definition) is 5. The second-order valence-corrected chi connectivity index (χ2v) is 7.50. The third-order valence-electron chi connectivity index (χ3n) is 4.49. The second kappa shape index (κ2) is 8.32. The van der Waals surface area contributed by atoms with Crippen LogP contribution in [0.1, 0.15) is 11.1 Å². The van der Waals surface area contributed by atoms with E-state index in [0.29, 0.717) is 11.0 Å². The first-order valence-electron chi connectivity index (χ1n) is 9.11. The number of carbonyl (C=O) groups excluding carboxylic acids is 1. The van der Waals surface area contributed by atoms with Crippen LogP contribution in [0.5, 0.6) is 0 Å². The van der Waals surface area contributed by atoms with Crippen molar-refractivity contribution in [1.82, 2.24) is 24.5 Å². The molecular weight excluding hydrogens is 384 g/mol. The number of rotatable bonds is 6. The lowest BCUT2D eigenvalue weighted by Gasteiger charge is -2.11. The van der Waals surface area contributed by atoms with E-state index in [1.807, 2.05) is 78.1 Å². The standard InChI is InChI=1S/C21H20N6OS/c1-15-5-6-18(13-16(15)2)23-19(28)14-29-21-25-24-20(17-7-9-22-10-8-17)27(21)26-11-3-4-12-26/h3-13H,14H2,1-2H3,(H,23,28). The molecule has 1 amide bonds. The summed E-state index contributed by atoms with van der Waals surface area (Å²) in [4.78, 5) is 16.5. The van der Waals surface area contributed by atoms with Gasteiger partial charge in [-0.05, 0) is 61.4 Å². The molecule has 3 aromatic heterocycles. The molecule has 0 aliphatic carbocycles. The van der Waals surface area contributed by atoms with Crippen molar-refractivity contribution in [3.8, 4) is 11.4 Å². The van der Waals surface area contributed by atoms with Gasteiger partial charge in [0.1, 0.15) is 0 Å². The SMILES string of the molecule is Cc1ccc(NC(=O)CSc2nnc(-c3ccncc3)n2-n2cccc2)cc1C. The molecule has 0 atom stereocenters. The number of aromatic nitrogens is 5. The molecule has 0 aliphatic rings. The predicted octanol–water partition coefficient (Wildman–Crippen LogP) is 3.80. The summed E-state index contributed by atoms with van der Waals surface area (Å²) in [5, 5.41) is 12.2. The molecule has 146 valence electrons. The first-order chi connectivity index (χ1) is 14.1. The molecule has 7 nitrogen and oxygen atoms in total. The van der Waals surface area contributed by atoms with Crippen LogP contribution >= 0.6 is 11.8 Å². The quantitative estimate of drug-likeness (QED) is 0.495. The Labute approximate surface area is 172 Å². The number of amides is 1. The highest BCUT2D eigenvalue weighted by molar-refractivity contribution is 7.99. The molecule has 0 aliphatic heterocycles. The van der Waals surface area contributed by atoms with Crippen molar-refractivity contribution in [2.45, 2.75) is 19.0 Å². The van der Waals surface area contributed by atoms with Gasteiger partial charge < -0.3 is 5.32 Å². The molecule has 3 heterocycles. The van der Waals surface area contributed by atoms with Crippen molar-refractivity contribution in [3.63, 3.8) is 0 Å². The van der Waals surface area contributed by atoms with E-state index in [1.165, 1.54) is 17.3 Å². The maximum atomic E-state index is 12.5. The Morgan fingerprint density at radius 2 is 1.79 bits per heavy atom.